The Morgan fingerprint density at radius 1 is 0.985 bits per heavy atom. The molecule has 362 valence electrons. The number of likely N-dealkylation sites (tertiary alicyclic amines) is 1. The summed E-state index contributed by atoms with van der Waals surface area (Å²) in [5.74, 6) is -0.794. The molecule has 16 nitrogen and oxygen atoms in total. The van der Waals surface area contributed by atoms with Gasteiger partial charge in [0.05, 0.1) is 31.2 Å². The number of rotatable bonds is 21. The predicted octanol–water partition coefficient (Wildman–Crippen LogP) is 6.94. The quantitative estimate of drug-likeness (QED) is 0.0646. The summed E-state index contributed by atoms with van der Waals surface area (Å²) in [4.78, 5) is 62.6. The van der Waals surface area contributed by atoms with Crippen molar-refractivity contribution in [2.24, 2.45) is 11.3 Å². The van der Waals surface area contributed by atoms with Gasteiger partial charge in [0.1, 0.15) is 36.0 Å². The van der Waals surface area contributed by atoms with Gasteiger partial charge in [0.2, 0.25) is 17.7 Å². The number of hydrogen-bond donors (Lipinski definition) is 2. The number of hydrogen-bond acceptors (Lipinski definition) is 12. The molecule has 0 radical (unpaired) electrons. The Hall–Kier alpha value is -6.42. The molecule has 3 aromatic carbocycles. The van der Waals surface area contributed by atoms with Gasteiger partial charge in [-0.3, -0.25) is 24.1 Å². The highest BCUT2D eigenvalue weighted by Crippen LogP contribution is 2.39. The van der Waals surface area contributed by atoms with Crippen LogP contribution in [0.25, 0.3) is 11.3 Å². The Balaban J connectivity index is 0.869. The second-order valence-corrected chi connectivity index (χ2v) is 18.9. The smallest absolute Gasteiger partial charge is 0.259 e. The molecule has 2 N–H and O–H groups in total. The average Bonchev–Trinajstić information content (AvgIpc) is 4.03. The molecule has 3 atom stereocenters. The first kappa shape index (κ1) is 51.0. The fourth-order valence-electron chi connectivity index (χ4n) is 8.14. The van der Waals surface area contributed by atoms with E-state index in [4.69, 9.17) is 35.6 Å². The van der Waals surface area contributed by atoms with Crippen molar-refractivity contribution in [1.82, 2.24) is 20.5 Å². The van der Waals surface area contributed by atoms with Crippen LogP contribution in [-0.2, 0) is 35.2 Å². The number of benzene rings is 3. The highest BCUT2D eigenvalue weighted by Gasteiger charge is 2.50. The van der Waals surface area contributed by atoms with E-state index in [1.54, 1.807) is 54.1 Å². The van der Waals surface area contributed by atoms with Crippen molar-refractivity contribution in [3.63, 3.8) is 0 Å². The lowest BCUT2D eigenvalue weighted by atomic mass is 9.85. The summed E-state index contributed by atoms with van der Waals surface area (Å²) in [6.45, 7) is 12.9. The third kappa shape index (κ3) is 12.2. The molecule has 0 unspecified atom stereocenters. The minimum absolute atomic E-state index is 0.0637. The Morgan fingerprint density at radius 3 is 2.37 bits per heavy atom. The van der Waals surface area contributed by atoms with Crippen molar-refractivity contribution >= 4 is 52.3 Å². The van der Waals surface area contributed by atoms with E-state index >= 15 is 4.39 Å². The maximum absolute atomic E-state index is 15.3. The number of nitrogens with zero attached hydrogens (tertiary/aromatic N) is 5. The van der Waals surface area contributed by atoms with Crippen LogP contribution in [0.15, 0.2) is 77.7 Å². The molecule has 3 heterocycles. The first-order valence-corrected chi connectivity index (χ1v) is 23.1. The van der Waals surface area contributed by atoms with E-state index in [2.05, 4.69) is 15.6 Å². The number of nitriles is 1. The van der Waals surface area contributed by atoms with Gasteiger partial charge in [0.25, 0.3) is 5.91 Å². The molecule has 2 aliphatic rings. The van der Waals surface area contributed by atoms with Crippen LogP contribution >= 0.6 is 12.2 Å². The molecule has 0 spiro atoms. The van der Waals surface area contributed by atoms with E-state index < -0.39 is 34.8 Å². The first-order chi connectivity index (χ1) is 32.4. The van der Waals surface area contributed by atoms with Crippen molar-refractivity contribution < 1.29 is 46.9 Å². The number of oxazole rings is 1. The number of methoxy groups -OCH3 is 1. The zero-order valence-corrected chi connectivity index (χ0v) is 40.5. The molecular formula is C50H60FN7O9S. The third-order valence-electron chi connectivity index (χ3n) is 11.8. The van der Waals surface area contributed by atoms with Crippen LogP contribution in [0, 0.1) is 28.5 Å². The Bertz CT molecular complexity index is 2470. The Kier molecular flexibility index (Phi) is 16.9. The number of carbonyl (C=O) groups is 4. The van der Waals surface area contributed by atoms with E-state index in [0.29, 0.717) is 80.4 Å². The molecule has 2 aliphatic heterocycles. The summed E-state index contributed by atoms with van der Waals surface area (Å²) in [6.07, 6.45) is 5.33. The number of thiocarbonyl (C=S) groups is 1. The Morgan fingerprint density at radius 2 is 1.69 bits per heavy atom. The third-order valence-corrected chi connectivity index (χ3v) is 12.2. The van der Waals surface area contributed by atoms with E-state index in [-0.39, 0.29) is 54.3 Å². The summed E-state index contributed by atoms with van der Waals surface area (Å²) in [6, 6.07) is 17.3. The fraction of sp³-hybridized carbons (Fsp3) is 0.460. The number of ether oxygens (including phenoxy) is 4. The van der Waals surface area contributed by atoms with Crippen LogP contribution in [0.4, 0.5) is 15.8 Å². The highest BCUT2D eigenvalue weighted by atomic mass is 32.1. The molecule has 4 amide bonds. The molecule has 2 saturated heterocycles. The number of unbranched alkanes of at least 4 members (excludes halogenated alkanes) is 1. The van der Waals surface area contributed by atoms with Crippen LogP contribution in [0.5, 0.6) is 11.5 Å². The Labute approximate surface area is 402 Å². The highest BCUT2D eigenvalue weighted by molar-refractivity contribution is 7.81. The number of anilines is 2. The van der Waals surface area contributed by atoms with Crippen molar-refractivity contribution in [3.05, 3.63) is 90.2 Å². The lowest BCUT2D eigenvalue weighted by molar-refractivity contribution is -0.144. The molecule has 6 rings (SSSR count). The maximum Gasteiger partial charge on any atom is 0.259 e. The van der Waals surface area contributed by atoms with Crippen molar-refractivity contribution in [3.8, 4) is 28.9 Å². The number of amides is 4. The van der Waals surface area contributed by atoms with Crippen LogP contribution in [0.1, 0.15) is 78.4 Å². The van der Waals surface area contributed by atoms with Gasteiger partial charge in [-0.1, -0.05) is 52.0 Å². The van der Waals surface area contributed by atoms with Crippen LogP contribution in [-0.4, -0.2) is 103 Å². The van der Waals surface area contributed by atoms with E-state index in [0.717, 1.165) is 11.1 Å². The van der Waals surface area contributed by atoms with Gasteiger partial charge in [0, 0.05) is 56.3 Å². The molecular weight excluding hydrogens is 894 g/mol. The van der Waals surface area contributed by atoms with Gasteiger partial charge in [-0.25, -0.2) is 9.37 Å². The molecule has 0 saturated carbocycles. The van der Waals surface area contributed by atoms with Gasteiger partial charge >= 0.3 is 0 Å². The van der Waals surface area contributed by atoms with E-state index in [9.17, 15) is 24.4 Å². The minimum atomic E-state index is -1.14. The van der Waals surface area contributed by atoms with Crippen LogP contribution in [0.2, 0.25) is 0 Å². The van der Waals surface area contributed by atoms with Gasteiger partial charge < -0.3 is 43.8 Å². The lowest BCUT2D eigenvalue weighted by Gasteiger charge is -2.35. The summed E-state index contributed by atoms with van der Waals surface area (Å²) in [5.41, 5.74) is 1.11. The number of nitrogens with one attached hydrogen (secondary N) is 2. The molecule has 1 aromatic heterocycles. The standard InChI is InChI=1S/C50H60FN7O9S/c1-32-23-39(45(60)54-27-33-11-13-34(14-12-33)42-28-53-31-67-42)56(29-32)46(61)44(49(2,3)4)55-43(59)30-65-21-10-20-64-19-8-9-22-66-40-18-17-37(24-38(40)51)58-48(68)57(47(62)50(58,5)6)36-16-15-35(26-52)41(25-36)63-7/h11-18,24-25,28,31-32,39,44H,8-10,19-23,27,29-30H2,1-7H3,(H,54,60)(H,55,59)/t32-,39+,44-/m1/s1. The average molecular weight is 954 g/mol. The van der Waals surface area contributed by atoms with Crippen molar-refractivity contribution in [2.45, 2.75) is 91.4 Å². The number of halogens is 1. The number of aromatic nitrogens is 1. The molecule has 0 bridgehead atoms. The monoisotopic (exact) mass is 953 g/mol. The largest absolute Gasteiger partial charge is 0.495 e. The van der Waals surface area contributed by atoms with Gasteiger partial charge in [0.15, 0.2) is 28.8 Å². The summed E-state index contributed by atoms with van der Waals surface area (Å²) >= 11 is 5.73. The molecule has 0 aliphatic carbocycles. The van der Waals surface area contributed by atoms with E-state index in [1.807, 2.05) is 58.0 Å². The van der Waals surface area contributed by atoms with E-state index in [1.165, 1.54) is 30.5 Å². The fourth-order valence-corrected chi connectivity index (χ4v) is 8.66. The SMILES string of the molecule is COc1cc(N2C(=O)C(C)(C)N(c3ccc(OCCCCOCCCOCC(=O)N[C@H](C(=O)N4C[C@H](C)C[C@H]4C(=O)NCc4ccc(-c5cnco5)cc4)C(C)(C)C)c(F)c3)C2=S)ccc1C#N. The molecule has 18 heteroatoms. The lowest BCUT2D eigenvalue weighted by Crippen LogP contribution is -2.58. The summed E-state index contributed by atoms with van der Waals surface area (Å²) in [5, 5.41) is 15.4. The molecule has 4 aromatic rings. The first-order valence-electron chi connectivity index (χ1n) is 22.6. The van der Waals surface area contributed by atoms with Gasteiger partial charge in [-0.2, -0.15) is 5.26 Å². The molecule has 68 heavy (non-hydrogen) atoms. The van der Waals surface area contributed by atoms with Crippen molar-refractivity contribution in [2.75, 3.05) is 56.5 Å². The van der Waals surface area contributed by atoms with Crippen LogP contribution in [0.3, 0.4) is 0 Å². The zero-order chi connectivity index (χ0) is 49.2. The maximum atomic E-state index is 15.3. The normalized spacial score (nSPS) is 17.2. The topological polar surface area (TPSA) is 189 Å². The second kappa shape index (κ2) is 22.6. The summed E-state index contributed by atoms with van der Waals surface area (Å²) in [7, 11) is 1.44. The zero-order valence-electron chi connectivity index (χ0n) is 39.6. The van der Waals surface area contributed by atoms with Crippen molar-refractivity contribution in [1.29, 1.82) is 5.26 Å². The second-order valence-electron chi connectivity index (χ2n) is 18.5. The molecule has 2 fully saturated rings. The van der Waals surface area contributed by atoms with Gasteiger partial charge in [-0.05, 0) is 92.9 Å². The minimum Gasteiger partial charge on any atom is -0.495 e. The van der Waals surface area contributed by atoms with Crippen LogP contribution < -0.4 is 29.9 Å². The predicted molar refractivity (Wildman–Crippen MR) is 256 cm³/mol. The van der Waals surface area contributed by atoms with Gasteiger partial charge in [-0.15, -0.1) is 0 Å². The summed E-state index contributed by atoms with van der Waals surface area (Å²) < 4.78 is 43.1. The number of carbonyl (C=O) groups excluding carboxylic acids is 4.